The van der Waals surface area contributed by atoms with Crippen LogP contribution < -0.4 is 5.32 Å². The smallest absolute Gasteiger partial charge is 0.335 e. The molecule has 2 aromatic heterocycles. The number of aromatic carboxylic acids is 1. The van der Waals surface area contributed by atoms with Crippen LogP contribution in [0.3, 0.4) is 0 Å². The Morgan fingerprint density at radius 1 is 1.28 bits per heavy atom. The van der Waals surface area contributed by atoms with Crippen molar-refractivity contribution in [1.82, 2.24) is 15.0 Å². The Bertz CT molecular complexity index is 950. The minimum atomic E-state index is -0.966. The average molecular weight is 352 g/mol. The van der Waals surface area contributed by atoms with E-state index in [4.69, 9.17) is 5.11 Å². The molecule has 0 bridgehead atoms. The van der Waals surface area contributed by atoms with Gasteiger partial charge in [0.15, 0.2) is 0 Å². The number of carboxylic acids is 1. The van der Waals surface area contributed by atoms with Crippen LogP contribution in [0.5, 0.6) is 0 Å². The number of anilines is 2. The topological polar surface area (TPSA) is 88.0 Å². The standard InChI is InChI=1S/C18H16N4O2S/c1-10-15(25-16(20-10)11-5-6-11)14-7-8-19-18(22-14)21-13-4-2-3-12(9-13)17(23)24/h2-4,7-9,11H,5-6H2,1H3,(H,23,24)(H,19,21,22). The second-order valence-corrected chi connectivity index (χ2v) is 7.05. The van der Waals surface area contributed by atoms with Crippen LogP contribution in [0.25, 0.3) is 10.6 Å². The molecule has 4 rings (SSSR count). The molecule has 6 nitrogen and oxygen atoms in total. The van der Waals surface area contributed by atoms with Gasteiger partial charge < -0.3 is 10.4 Å². The highest BCUT2D eigenvalue weighted by atomic mass is 32.1. The van der Waals surface area contributed by atoms with Gasteiger partial charge in [0.2, 0.25) is 5.95 Å². The average Bonchev–Trinajstić information content (AvgIpc) is 3.38. The zero-order valence-electron chi connectivity index (χ0n) is 13.6. The summed E-state index contributed by atoms with van der Waals surface area (Å²) in [7, 11) is 0. The Kier molecular flexibility index (Phi) is 3.93. The minimum absolute atomic E-state index is 0.216. The van der Waals surface area contributed by atoms with Crippen molar-refractivity contribution in [3.8, 4) is 10.6 Å². The Morgan fingerprint density at radius 2 is 2.12 bits per heavy atom. The number of rotatable bonds is 5. The van der Waals surface area contributed by atoms with Crippen molar-refractivity contribution in [2.75, 3.05) is 5.32 Å². The van der Waals surface area contributed by atoms with Gasteiger partial charge in [0.05, 0.1) is 26.8 Å². The van der Waals surface area contributed by atoms with Crippen LogP contribution in [-0.4, -0.2) is 26.0 Å². The SMILES string of the molecule is Cc1nc(C2CC2)sc1-c1ccnc(Nc2cccc(C(=O)O)c2)n1. The quantitative estimate of drug-likeness (QED) is 0.714. The second kappa shape index (κ2) is 6.25. The predicted octanol–water partition coefficient (Wildman–Crippen LogP) is 4.23. The molecule has 1 fully saturated rings. The minimum Gasteiger partial charge on any atom is -0.478 e. The Labute approximate surface area is 148 Å². The van der Waals surface area contributed by atoms with Crippen molar-refractivity contribution >= 4 is 28.9 Å². The van der Waals surface area contributed by atoms with E-state index >= 15 is 0 Å². The molecular weight excluding hydrogens is 336 g/mol. The number of carboxylic acid groups (broad SMARTS) is 1. The van der Waals surface area contributed by atoms with Crippen molar-refractivity contribution in [3.63, 3.8) is 0 Å². The van der Waals surface area contributed by atoms with Crippen LogP contribution in [-0.2, 0) is 0 Å². The van der Waals surface area contributed by atoms with Crippen LogP contribution in [0.4, 0.5) is 11.6 Å². The maximum atomic E-state index is 11.1. The lowest BCUT2D eigenvalue weighted by atomic mass is 10.2. The molecule has 0 saturated heterocycles. The highest BCUT2D eigenvalue weighted by Gasteiger charge is 2.28. The van der Waals surface area contributed by atoms with Crippen molar-refractivity contribution < 1.29 is 9.90 Å². The summed E-state index contributed by atoms with van der Waals surface area (Å²) in [6.45, 7) is 2.00. The molecule has 1 aliphatic carbocycles. The molecule has 126 valence electrons. The Morgan fingerprint density at radius 3 is 2.88 bits per heavy atom. The van der Waals surface area contributed by atoms with Gasteiger partial charge in [-0.25, -0.2) is 19.7 Å². The summed E-state index contributed by atoms with van der Waals surface area (Å²) in [5.74, 6) is 0.0858. The van der Waals surface area contributed by atoms with Crippen molar-refractivity contribution in [3.05, 3.63) is 52.8 Å². The molecule has 0 spiro atoms. The first-order valence-electron chi connectivity index (χ1n) is 8.01. The molecule has 1 aromatic carbocycles. The lowest BCUT2D eigenvalue weighted by molar-refractivity contribution is 0.0697. The van der Waals surface area contributed by atoms with E-state index in [1.54, 1.807) is 41.8 Å². The van der Waals surface area contributed by atoms with Gasteiger partial charge in [-0.1, -0.05) is 6.07 Å². The van der Waals surface area contributed by atoms with Gasteiger partial charge in [0, 0.05) is 17.8 Å². The van der Waals surface area contributed by atoms with Crippen molar-refractivity contribution in [1.29, 1.82) is 0 Å². The molecule has 0 atom stereocenters. The van der Waals surface area contributed by atoms with Crippen LogP contribution in [0, 0.1) is 6.92 Å². The van der Waals surface area contributed by atoms with Crippen LogP contribution in [0.1, 0.15) is 39.8 Å². The molecular formula is C18H16N4O2S. The number of carbonyl (C=O) groups is 1. The Hall–Kier alpha value is -2.80. The molecule has 0 aliphatic heterocycles. The third-order valence-corrected chi connectivity index (χ3v) is 5.34. The molecule has 0 unspecified atom stereocenters. The zero-order chi connectivity index (χ0) is 17.4. The molecule has 0 radical (unpaired) electrons. The maximum absolute atomic E-state index is 11.1. The van der Waals surface area contributed by atoms with Gasteiger partial charge >= 0.3 is 5.97 Å². The number of hydrogen-bond donors (Lipinski definition) is 2. The number of aromatic nitrogens is 3. The first-order valence-corrected chi connectivity index (χ1v) is 8.83. The van der Waals surface area contributed by atoms with Gasteiger partial charge in [-0.2, -0.15) is 0 Å². The summed E-state index contributed by atoms with van der Waals surface area (Å²) in [6.07, 6.45) is 4.15. The fourth-order valence-corrected chi connectivity index (χ4v) is 3.77. The van der Waals surface area contributed by atoms with E-state index in [0.717, 1.165) is 16.3 Å². The molecule has 0 amide bonds. The summed E-state index contributed by atoms with van der Waals surface area (Å²) < 4.78 is 0. The van der Waals surface area contributed by atoms with Gasteiger partial charge in [-0.05, 0) is 44.0 Å². The molecule has 1 aliphatic rings. The fraction of sp³-hybridized carbons (Fsp3) is 0.222. The molecule has 25 heavy (non-hydrogen) atoms. The Balaban J connectivity index is 1.61. The van der Waals surface area contributed by atoms with E-state index in [2.05, 4.69) is 20.3 Å². The molecule has 3 aromatic rings. The largest absolute Gasteiger partial charge is 0.478 e. The van der Waals surface area contributed by atoms with Crippen molar-refractivity contribution in [2.45, 2.75) is 25.7 Å². The molecule has 2 heterocycles. The third-order valence-electron chi connectivity index (χ3n) is 3.99. The molecule has 2 N–H and O–H groups in total. The molecule has 1 saturated carbocycles. The first-order chi connectivity index (χ1) is 12.1. The van der Waals surface area contributed by atoms with Crippen LogP contribution in [0.15, 0.2) is 36.5 Å². The van der Waals surface area contributed by atoms with Crippen LogP contribution >= 0.6 is 11.3 Å². The second-order valence-electron chi connectivity index (χ2n) is 6.02. The van der Waals surface area contributed by atoms with Gasteiger partial charge in [0.25, 0.3) is 0 Å². The summed E-state index contributed by atoms with van der Waals surface area (Å²) >= 11 is 1.70. The van der Waals surface area contributed by atoms with E-state index in [-0.39, 0.29) is 5.56 Å². The summed E-state index contributed by atoms with van der Waals surface area (Å²) in [4.78, 5) is 25.6. The van der Waals surface area contributed by atoms with E-state index in [1.807, 2.05) is 13.0 Å². The third kappa shape index (κ3) is 3.36. The van der Waals surface area contributed by atoms with Gasteiger partial charge in [-0.15, -0.1) is 11.3 Å². The molecule has 7 heteroatoms. The van der Waals surface area contributed by atoms with E-state index < -0.39 is 5.97 Å². The summed E-state index contributed by atoms with van der Waals surface area (Å²) in [5, 5.41) is 13.3. The summed E-state index contributed by atoms with van der Waals surface area (Å²) in [5.41, 5.74) is 2.67. The number of thiazole rings is 1. The van der Waals surface area contributed by atoms with Gasteiger partial charge in [0.1, 0.15) is 0 Å². The first kappa shape index (κ1) is 15.7. The lowest BCUT2D eigenvalue weighted by Gasteiger charge is -2.06. The number of hydrogen-bond acceptors (Lipinski definition) is 6. The zero-order valence-corrected chi connectivity index (χ0v) is 14.4. The number of nitrogens with zero attached hydrogens (tertiary/aromatic N) is 3. The highest BCUT2D eigenvalue weighted by molar-refractivity contribution is 7.15. The maximum Gasteiger partial charge on any atom is 0.335 e. The lowest BCUT2D eigenvalue weighted by Crippen LogP contribution is -2.00. The number of nitrogens with one attached hydrogen (secondary N) is 1. The fourth-order valence-electron chi connectivity index (χ4n) is 2.56. The number of benzene rings is 1. The highest BCUT2D eigenvalue weighted by Crippen LogP contribution is 2.44. The van der Waals surface area contributed by atoms with E-state index in [9.17, 15) is 4.79 Å². The number of aryl methyl sites for hydroxylation is 1. The van der Waals surface area contributed by atoms with Gasteiger partial charge in [-0.3, -0.25) is 0 Å². The normalized spacial score (nSPS) is 13.6. The summed E-state index contributed by atoms with van der Waals surface area (Å²) in [6, 6.07) is 8.44. The predicted molar refractivity (Wildman–Crippen MR) is 96.5 cm³/mol. The van der Waals surface area contributed by atoms with Crippen LogP contribution in [0.2, 0.25) is 0 Å². The van der Waals surface area contributed by atoms with E-state index in [0.29, 0.717) is 17.6 Å². The van der Waals surface area contributed by atoms with Crippen molar-refractivity contribution in [2.24, 2.45) is 0 Å². The van der Waals surface area contributed by atoms with E-state index in [1.165, 1.54) is 17.8 Å². The monoisotopic (exact) mass is 352 g/mol.